The average Bonchev–Trinajstić information content (AvgIpc) is 2.73. The molecular formula is C15H28BrN3O. The zero-order valence-electron chi connectivity index (χ0n) is 13.4. The highest BCUT2D eigenvalue weighted by Crippen LogP contribution is 2.23. The molecule has 4 nitrogen and oxygen atoms in total. The van der Waals surface area contributed by atoms with Crippen LogP contribution in [0.4, 0.5) is 0 Å². The van der Waals surface area contributed by atoms with Crippen LogP contribution in [0.2, 0.25) is 0 Å². The minimum absolute atomic E-state index is 0.231. The number of rotatable bonds is 9. The van der Waals surface area contributed by atoms with Gasteiger partial charge in [0.2, 0.25) is 0 Å². The minimum Gasteiger partial charge on any atom is -0.380 e. The first-order valence-electron chi connectivity index (χ1n) is 7.56. The van der Waals surface area contributed by atoms with Gasteiger partial charge in [0.25, 0.3) is 0 Å². The molecule has 116 valence electrons. The van der Waals surface area contributed by atoms with E-state index in [0.29, 0.717) is 6.04 Å². The maximum Gasteiger partial charge on any atom is 0.0738 e. The molecule has 0 amide bonds. The van der Waals surface area contributed by atoms with Gasteiger partial charge in [-0.2, -0.15) is 5.10 Å². The third-order valence-corrected chi connectivity index (χ3v) is 4.71. The molecule has 0 spiro atoms. The quantitative estimate of drug-likeness (QED) is 0.746. The predicted molar refractivity (Wildman–Crippen MR) is 87.2 cm³/mol. The molecule has 0 saturated carbocycles. The lowest BCUT2D eigenvalue weighted by atomic mass is 10.0. The number of hydrogen-bond donors (Lipinski definition) is 1. The van der Waals surface area contributed by atoms with Crippen molar-refractivity contribution < 1.29 is 4.74 Å². The second-order valence-electron chi connectivity index (χ2n) is 5.11. The summed E-state index contributed by atoms with van der Waals surface area (Å²) in [4.78, 5) is 0. The van der Waals surface area contributed by atoms with Crippen LogP contribution in [0, 0.1) is 6.92 Å². The van der Waals surface area contributed by atoms with Crippen molar-refractivity contribution in [2.45, 2.75) is 65.6 Å². The molecule has 0 aliphatic heterocycles. The zero-order valence-corrected chi connectivity index (χ0v) is 15.0. The van der Waals surface area contributed by atoms with Gasteiger partial charge in [0.1, 0.15) is 0 Å². The van der Waals surface area contributed by atoms with Crippen molar-refractivity contribution in [3.05, 3.63) is 15.9 Å². The first kappa shape index (κ1) is 17.7. The van der Waals surface area contributed by atoms with Crippen LogP contribution in [0.3, 0.4) is 0 Å². The SMILES string of the molecule is CCCNC(Cc1c(Br)c(C)nn1CC)C(CC)OC. The number of ether oxygens (including phenoxy) is 1. The number of methoxy groups -OCH3 is 1. The molecule has 0 aromatic carbocycles. The predicted octanol–water partition coefficient (Wildman–Crippen LogP) is 3.31. The van der Waals surface area contributed by atoms with E-state index in [-0.39, 0.29) is 6.10 Å². The number of nitrogens with one attached hydrogen (secondary N) is 1. The maximum absolute atomic E-state index is 5.64. The summed E-state index contributed by atoms with van der Waals surface area (Å²) in [7, 11) is 1.80. The largest absolute Gasteiger partial charge is 0.380 e. The van der Waals surface area contributed by atoms with Crippen LogP contribution >= 0.6 is 15.9 Å². The molecule has 1 aromatic heterocycles. The van der Waals surface area contributed by atoms with Crippen molar-refractivity contribution in [1.82, 2.24) is 15.1 Å². The monoisotopic (exact) mass is 345 g/mol. The van der Waals surface area contributed by atoms with Gasteiger partial charge in [-0.25, -0.2) is 0 Å². The number of nitrogens with zero attached hydrogens (tertiary/aromatic N) is 2. The summed E-state index contributed by atoms with van der Waals surface area (Å²) in [5, 5.41) is 8.19. The van der Waals surface area contributed by atoms with Gasteiger partial charge in [0.15, 0.2) is 0 Å². The second kappa shape index (κ2) is 8.80. The lowest BCUT2D eigenvalue weighted by molar-refractivity contribution is 0.0646. The van der Waals surface area contributed by atoms with Crippen LogP contribution in [0.25, 0.3) is 0 Å². The Morgan fingerprint density at radius 1 is 1.35 bits per heavy atom. The Labute approximate surface area is 131 Å². The van der Waals surface area contributed by atoms with E-state index in [1.165, 1.54) is 5.69 Å². The fourth-order valence-corrected chi connectivity index (χ4v) is 3.00. The molecule has 0 aliphatic rings. The van der Waals surface area contributed by atoms with E-state index >= 15 is 0 Å². The van der Waals surface area contributed by atoms with Gasteiger partial charge >= 0.3 is 0 Å². The van der Waals surface area contributed by atoms with Crippen molar-refractivity contribution in [3.63, 3.8) is 0 Å². The zero-order chi connectivity index (χ0) is 15.1. The molecule has 2 unspecified atom stereocenters. The molecule has 1 N–H and O–H groups in total. The normalized spacial score (nSPS) is 14.5. The van der Waals surface area contributed by atoms with E-state index in [0.717, 1.165) is 42.5 Å². The molecule has 1 aromatic rings. The molecule has 5 heteroatoms. The lowest BCUT2D eigenvalue weighted by Crippen LogP contribution is -2.43. The molecule has 0 aliphatic carbocycles. The number of hydrogen-bond acceptors (Lipinski definition) is 3. The van der Waals surface area contributed by atoms with Crippen molar-refractivity contribution in [2.75, 3.05) is 13.7 Å². The summed E-state index contributed by atoms with van der Waals surface area (Å²) in [5.41, 5.74) is 2.32. The van der Waals surface area contributed by atoms with Gasteiger partial charge in [0.05, 0.1) is 22.0 Å². The van der Waals surface area contributed by atoms with Crippen LogP contribution in [0.15, 0.2) is 4.47 Å². The minimum atomic E-state index is 0.231. The summed E-state index contributed by atoms with van der Waals surface area (Å²) < 4.78 is 8.86. The van der Waals surface area contributed by atoms with Crippen molar-refractivity contribution in [1.29, 1.82) is 0 Å². The first-order valence-corrected chi connectivity index (χ1v) is 8.36. The van der Waals surface area contributed by atoms with Crippen LogP contribution < -0.4 is 5.32 Å². The molecule has 1 rings (SSSR count). The molecule has 0 radical (unpaired) electrons. The summed E-state index contributed by atoms with van der Waals surface area (Å²) in [5.74, 6) is 0. The summed E-state index contributed by atoms with van der Waals surface area (Å²) in [6, 6.07) is 0.322. The van der Waals surface area contributed by atoms with Crippen molar-refractivity contribution in [3.8, 4) is 0 Å². The summed E-state index contributed by atoms with van der Waals surface area (Å²) in [6.07, 6.45) is 3.30. The van der Waals surface area contributed by atoms with Gasteiger partial charge in [-0.15, -0.1) is 0 Å². The third-order valence-electron chi connectivity index (χ3n) is 3.68. The molecule has 1 heterocycles. The van der Waals surface area contributed by atoms with Crippen LogP contribution in [0.1, 0.15) is 45.0 Å². The Kier molecular flexibility index (Phi) is 7.77. The summed E-state index contributed by atoms with van der Waals surface area (Å²) in [6.45, 7) is 10.4. The van der Waals surface area contributed by atoms with Crippen molar-refractivity contribution in [2.24, 2.45) is 0 Å². The fourth-order valence-electron chi connectivity index (χ4n) is 2.55. The molecule has 20 heavy (non-hydrogen) atoms. The molecular weight excluding hydrogens is 318 g/mol. The van der Waals surface area contributed by atoms with Gasteiger partial charge < -0.3 is 10.1 Å². The van der Waals surface area contributed by atoms with E-state index in [1.807, 2.05) is 6.92 Å². The van der Waals surface area contributed by atoms with E-state index in [2.05, 4.69) is 51.8 Å². The average molecular weight is 346 g/mol. The molecule has 0 fully saturated rings. The maximum atomic E-state index is 5.64. The Morgan fingerprint density at radius 3 is 2.55 bits per heavy atom. The number of aryl methyl sites for hydroxylation is 2. The lowest BCUT2D eigenvalue weighted by Gasteiger charge is -2.26. The third kappa shape index (κ3) is 4.30. The standard InChI is InChI=1S/C15H28BrN3O/c1-6-9-17-12(14(7-2)20-5)10-13-15(16)11(4)18-19(13)8-3/h12,14,17H,6-10H2,1-5H3. The highest BCUT2D eigenvalue weighted by Gasteiger charge is 2.23. The highest BCUT2D eigenvalue weighted by atomic mass is 79.9. The fraction of sp³-hybridized carbons (Fsp3) is 0.800. The van der Waals surface area contributed by atoms with Crippen molar-refractivity contribution >= 4 is 15.9 Å². The highest BCUT2D eigenvalue weighted by molar-refractivity contribution is 9.10. The topological polar surface area (TPSA) is 39.1 Å². The van der Waals surface area contributed by atoms with Crippen LogP contribution in [0.5, 0.6) is 0 Å². The van der Waals surface area contributed by atoms with Gasteiger partial charge in [0, 0.05) is 26.1 Å². The first-order chi connectivity index (χ1) is 9.58. The van der Waals surface area contributed by atoms with Gasteiger partial charge in [-0.3, -0.25) is 4.68 Å². The molecule has 0 bridgehead atoms. The van der Waals surface area contributed by atoms with Crippen LogP contribution in [-0.2, 0) is 17.7 Å². The van der Waals surface area contributed by atoms with Gasteiger partial charge in [-0.1, -0.05) is 13.8 Å². The Morgan fingerprint density at radius 2 is 2.05 bits per heavy atom. The molecule has 0 saturated heterocycles. The van der Waals surface area contributed by atoms with Gasteiger partial charge in [-0.05, 0) is 49.2 Å². The Hall–Kier alpha value is -0.390. The van der Waals surface area contributed by atoms with Crippen LogP contribution in [-0.4, -0.2) is 35.6 Å². The Bertz CT molecular complexity index is 402. The number of halogens is 1. The Balaban J connectivity index is 2.93. The summed E-state index contributed by atoms with van der Waals surface area (Å²) >= 11 is 3.68. The smallest absolute Gasteiger partial charge is 0.0738 e. The van der Waals surface area contributed by atoms with E-state index < -0.39 is 0 Å². The van der Waals surface area contributed by atoms with E-state index in [1.54, 1.807) is 7.11 Å². The van der Waals surface area contributed by atoms with E-state index in [4.69, 9.17) is 4.74 Å². The number of aromatic nitrogens is 2. The van der Waals surface area contributed by atoms with E-state index in [9.17, 15) is 0 Å². The second-order valence-corrected chi connectivity index (χ2v) is 5.90. The molecule has 2 atom stereocenters.